The number of aromatic carboxylic acids is 1. The molecular formula is C20H17N9O8S3. The topological polar surface area (TPSA) is 248 Å². The number of aromatic nitrogens is 5. The highest BCUT2D eigenvalue weighted by atomic mass is 32.2. The number of hydrogen-bond acceptors (Lipinski definition) is 14. The number of nitrogens with zero attached hydrogens (tertiary/aromatic N) is 6. The molecule has 1 fully saturated rings. The number of H-pyrrole nitrogens is 1. The van der Waals surface area contributed by atoms with Crippen LogP contribution in [0.2, 0.25) is 0 Å². The highest BCUT2D eigenvalue weighted by Crippen LogP contribution is 2.41. The summed E-state index contributed by atoms with van der Waals surface area (Å²) in [6.07, 6.45) is 0.902. The summed E-state index contributed by atoms with van der Waals surface area (Å²) in [5.74, 6) is -3.89. The summed E-state index contributed by atoms with van der Waals surface area (Å²) >= 11 is 3.39. The predicted molar refractivity (Wildman–Crippen MR) is 141 cm³/mol. The third-order valence-corrected chi connectivity index (χ3v) is 8.63. The van der Waals surface area contributed by atoms with E-state index >= 15 is 0 Å². The first-order valence-corrected chi connectivity index (χ1v) is 13.9. The van der Waals surface area contributed by atoms with E-state index in [0.29, 0.717) is 5.57 Å². The zero-order chi connectivity index (χ0) is 28.7. The summed E-state index contributed by atoms with van der Waals surface area (Å²) in [4.78, 5) is 79.3. The van der Waals surface area contributed by atoms with E-state index in [4.69, 9.17) is 15.7 Å². The van der Waals surface area contributed by atoms with Crippen molar-refractivity contribution in [3.05, 3.63) is 44.5 Å². The maximum atomic E-state index is 13.0. The number of nitrogens with two attached hydrogens (primary N) is 1. The molecule has 40 heavy (non-hydrogen) atoms. The average Bonchev–Trinajstić information content (AvgIpc) is 3.54. The molecule has 2 aliphatic heterocycles. The van der Waals surface area contributed by atoms with Crippen LogP contribution < -0.4 is 16.6 Å². The van der Waals surface area contributed by atoms with Crippen LogP contribution >= 0.6 is 34.9 Å². The lowest BCUT2D eigenvalue weighted by molar-refractivity contribution is -0.150. The molecule has 0 aromatic carbocycles. The van der Waals surface area contributed by atoms with Crippen LogP contribution in [0.3, 0.4) is 0 Å². The van der Waals surface area contributed by atoms with E-state index < -0.39 is 46.3 Å². The van der Waals surface area contributed by atoms with Crippen molar-refractivity contribution in [3.63, 3.8) is 0 Å². The Kier molecular flexibility index (Phi) is 7.21. The molecule has 0 aliphatic carbocycles. The number of anilines is 1. The molecule has 2 atom stereocenters. The molecule has 0 unspecified atom stereocenters. The summed E-state index contributed by atoms with van der Waals surface area (Å²) in [6.45, 7) is 0. The second kappa shape index (κ2) is 10.6. The van der Waals surface area contributed by atoms with Gasteiger partial charge in [-0.3, -0.25) is 24.4 Å². The number of β-lactam (4-membered cyclic amide) rings is 1. The minimum Gasteiger partial charge on any atom is -0.477 e. The summed E-state index contributed by atoms with van der Waals surface area (Å²) < 4.78 is 0.872. The fourth-order valence-electron chi connectivity index (χ4n) is 3.90. The van der Waals surface area contributed by atoms with Gasteiger partial charge < -0.3 is 26.1 Å². The number of carboxylic acid groups (broad SMARTS) is 2. The molecule has 208 valence electrons. The van der Waals surface area contributed by atoms with Gasteiger partial charge in [0, 0.05) is 16.9 Å². The number of carbonyl (C=O) groups is 4. The number of carboxylic acids is 2. The van der Waals surface area contributed by atoms with E-state index in [9.17, 15) is 29.1 Å². The van der Waals surface area contributed by atoms with Crippen LogP contribution in [0.25, 0.3) is 5.78 Å². The Morgan fingerprint density at radius 1 is 1.30 bits per heavy atom. The summed E-state index contributed by atoms with van der Waals surface area (Å²) in [7, 11) is 1.24. The molecule has 2 amide bonds. The summed E-state index contributed by atoms with van der Waals surface area (Å²) in [5, 5.41) is 29.1. The number of nitrogens with one attached hydrogen (secondary N) is 2. The molecular weight excluding hydrogens is 590 g/mol. The number of thiazole rings is 1. The summed E-state index contributed by atoms with van der Waals surface area (Å²) in [5.41, 5.74) is 4.39. The molecule has 0 saturated carbocycles. The number of thioether (sulfide) groups is 2. The molecule has 0 spiro atoms. The molecule has 1 saturated heterocycles. The van der Waals surface area contributed by atoms with Gasteiger partial charge in [-0.15, -0.1) is 23.1 Å². The number of hydrogen-bond donors (Lipinski definition) is 5. The van der Waals surface area contributed by atoms with Crippen molar-refractivity contribution < 1.29 is 34.2 Å². The van der Waals surface area contributed by atoms with Crippen LogP contribution in [0, 0.1) is 0 Å². The first kappa shape index (κ1) is 27.1. The zero-order valence-corrected chi connectivity index (χ0v) is 22.5. The maximum absolute atomic E-state index is 13.0. The lowest BCUT2D eigenvalue weighted by Gasteiger charge is -2.49. The highest BCUT2D eigenvalue weighted by Gasteiger charge is 2.54. The van der Waals surface area contributed by atoms with E-state index in [0.717, 1.165) is 38.7 Å². The second-order valence-electron chi connectivity index (χ2n) is 8.05. The van der Waals surface area contributed by atoms with Crippen LogP contribution in [0.1, 0.15) is 16.1 Å². The minimum atomic E-state index is -1.44. The molecule has 6 N–H and O–H groups in total. The van der Waals surface area contributed by atoms with Gasteiger partial charge in [0.05, 0.1) is 6.20 Å². The van der Waals surface area contributed by atoms with Gasteiger partial charge in [0.25, 0.3) is 23.2 Å². The monoisotopic (exact) mass is 607 g/mol. The molecule has 0 radical (unpaired) electrons. The van der Waals surface area contributed by atoms with Crippen LogP contribution in [-0.2, 0) is 19.2 Å². The number of carbonyl (C=O) groups excluding carboxylic acids is 2. The molecule has 3 aromatic rings. The summed E-state index contributed by atoms with van der Waals surface area (Å²) in [6, 6.07) is -1.02. The van der Waals surface area contributed by atoms with E-state index in [-0.39, 0.29) is 44.7 Å². The lowest BCUT2D eigenvalue weighted by atomic mass is 10.0. The number of nitrogen functional groups attached to an aromatic ring is 1. The van der Waals surface area contributed by atoms with Crippen LogP contribution in [0.15, 0.2) is 38.0 Å². The van der Waals surface area contributed by atoms with Crippen LogP contribution in [0.5, 0.6) is 0 Å². The van der Waals surface area contributed by atoms with Gasteiger partial charge in [-0.25, -0.2) is 19.6 Å². The molecule has 3 aromatic heterocycles. The Morgan fingerprint density at radius 3 is 2.73 bits per heavy atom. The van der Waals surface area contributed by atoms with Crippen molar-refractivity contribution >= 4 is 75.2 Å². The number of oxime groups is 1. The van der Waals surface area contributed by atoms with Crippen molar-refractivity contribution in [1.29, 1.82) is 0 Å². The number of amides is 2. The highest BCUT2D eigenvalue weighted by molar-refractivity contribution is 8.01. The zero-order valence-electron chi connectivity index (χ0n) is 20.1. The Balaban J connectivity index is 1.32. The van der Waals surface area contributed by atoms with E-state index in [1.54, 1.807) is 0 Å². The van der Waals surface area contributed by atoms with E-state index in [2.05, 4.69) is 30.5 Å². The Bertz CT molecular complexity index is 1690. The molecule has 17 nitrogen and oxygen atoms in total. The fraction of sp³-hybridized carbons (Fsp3) is 0.250. The third-order valence-electron chi connectivity index (χ3n) is 5.66. The van der Waals surface area contributed by atoms with Gasteiger partial charge in [-0.05, 0) is 5.57 Å². The largest absolute Gasteiger partial charge is 0.477 e. The van der Waals surface area contributed by atoms with Crippen molar-refractivity contribution in [2.45, 2.75) is 16.6 Å². The van der Waals surface area contributed by atoms with Gasteiger partial charge >= 0.3 is 11.9 Å². The normalized spacial score (nSPS) is 18.9. The third kappa shape index (κ3) is 4.75. The Hall–Kier alpha value is -4.43. The predicted octanol–water partition coefficient (Wildman–Crippen LogP) is -0.964. The smallest absolute Gasteiger partial charge is 0.352 e. The quantitative estimate of drug-likeness (QED) is 0.0850. The van der Waals surface area contributed by atoms with Gasteiger partial charge in [0.15, 0.2) is 16.0 Å². The van der Waals surface area contributed by atoms with Gasteiger partial charge in [0.1, 0.15) is 35.5 Å². The van der Waals surface area contributed by atoms with Crippen molar-refractivity contribution in [2.75, 3.05) is 24.3 Å². The number of rotatable bonds is 9. The van der Waals surface area contributed by atoms with Gasteiger partial charge in [0.2, 0.25) is 0 Å². The number of fused-ring (bicyclic) bond motifs is 2. The average molecular weight is 608 g/mol. The molecule has 20 heteroatoms. The molecule has 2 aliphatic rings. The minimum absolute atomic E-state index is 0.0590. The first-order valence-electron chi connectivity index (χ1n) is 11.0. The number of aromatic amines is 1. The number of aliphatic carboxylic acids is 1. The Morgan fingerprint density at radius 2 is 2.08 bits per heavy atom. The lowest BCUT2D eigenvalue weighted by Crippen LogP contribution is -2.71. The van der Waals surface area contributed by atoms with Crippen molar-refractivity contribution in [1.82, 2.24) is 34.8 Å². The SMILES string of the molecule is CO/N=C(\C(=O)N[C@@H]1C(=O)N2C(C(=O)O)=C(CSc3nc4ncc(C(=O)O)c(=O)n4[nH]3)CS[C@H]12)c1csc(N)n1. The van der Waals surface area contributed by atoms with E-state index in [1.807, 2.05) is 0 Å². The molecule has 0 bridgehead atoms. The van der Waals surface area contributed by atoms with Crippen molar-refractivity contribution in [3.8, 4) is 0 Å². The van der Waals surface area contributed by atoms with Gasteiger partial charge in [-0.2, -0.15) is 9.50 Å². The Labute approximate surface area is 234 Å². The standard InChI is InChI=1S/C20H17N9O8S3/c1-37-27-9(8-5-39-18(21)23-8)12(30)24-10-14(32)28-11(17(35)36)6(3-38-15(10)28)4-40-20-25-19-22-2-7(16(33)34)13(31)29(19)26-20/h2,5,10,15H,3-4H2,1H3,(H2,21,23)(H,24,30)(H,33,34)(H,35,36)(H,22,25,26)/b27-9-/t10-,15-/m1/s1. The first-order chi connectivity index (χ1) is 19.1. The fourth-order valence-corrected chi connectivity index (χ4v) is 6.78. The van der Waals surface area contributed by atoms with E-state index in [1.165, 1.54) is 24.3 Å². The van der Waals surface area contributed by atoms with Crippen LogP contribution in [0.4, 0.5) is 5.13 Å². The second-order valence-corrected chi connectivity index (χ2v) is 11.0. The van der Waals surface area contributed by atoms with Crippen molar-refractivity contribution in [2.24, 2.45) is 5.16 Å². The molecule has 5 rings (SSSR count). The molecule has 5 heterocycles. The maximum Gasteiger partial charge on any atom is 0.352 e. The van der Waals surface area contributed by atoms with Crippen LogP contribution in [-0.4, -0.2) is 99.2 Å². The van der Waals surface area contributed by atoms with Gasteiger partial charge in [-0.1, -0.05) is 16.9 Å².